The second-order valence-electron chi connectivity index (χ2n) is 5.50. The van der Waals surface area contributed by atoms with Crippen LogP contribution in [0.15, 0.2) is 30.9 Å². The number of halogens is 1. The van der Waals surface area contributed by atoms with Crippen LogP contribution in [0.3, 0.4) is 0 Å². The number of rotatable bonds is 2. The van der Waals surface area contributed by atoms with Gasteiger partial charge in [0, 0.05) is 45.3 Å². The summed E-state index contributed by atoms with van der Waals surface area (Å²) in [6.07, 6.45) is 6.13. The molecule has 0 unspecified atom stereocenters. The molecule has 1 amide bonds. The molecule has 1 aliphatic heterocycles. The van der Waals surface area contributed by atoms with Gasteiger partial charge in [-0.2, -0.15) is 0 Å². The highest BCUT2D eigenvalue weighted by molar-refractivity contribution is 5.94. The number of nitrogens with zero attached hydrogens (tertiary/aromatic N) is 5. The SMILES string of the molecule is CN1CCN(C(=O)c2ccncc2F)C[C@H]1c1nccn1C. The van der Waals surface area contributed by atoms with Crippen molar-refractivity contribution in [3.63, 3.8) is 0 Å². The third-order valence-electron chi connectivity index (χ3n) is 4.09. The molecule has 0 saturated carbocycles. The summed E-state index contributed by atoms with van der Waals surface area (Å²) in [4.78, 5) is 24.4. The van der Waals surface area contributed by atoms with Crippen molar-refractivity contribution in [1.82, 2.24) is 24.3 Å². The fourth-order valence-corrected chi connectivity index (χ4v) is 2.75. The zero-order chi connectivity index (χ0) is 15.7. The lowest BCUT2D eigenvalue weighted by molar-refractivity contribution is 0.0524. The summed E-state index contributed by atoms with van der Waals surface area (Å²) in [5.41, 5.74) is 0.0677. The zero-order valence-corrected chi connectivity index (χ0v) is 12.6. The highest BCUT2D eigenvalue weighted by Gasteiger charge is 2.31. The third-order valence-corrected chi connectivity index (χ3v) is 4.09. The Kier molecular flexibility index (Phi) is 3.89. The topological polar surface area (TPSA) is 54.3 Å². The first-order valence-electron chi connectivity index (χ1n) is 7.14. The van der Waals surface area contributed by atoms with Crippen LogP contribution in [0.4, 0.5) is 4.39 Å². The maximum absolute atomic E-state index is 13.8. The first-order valence-corrected chi connectivity index (χ1v) is 7.14. The third kappa shape index (κ3) is 2.59. The monoisotopic (exact) mass is 303 g/mol. The van der Waals surface area contributed by atoms with Crippen LogP contribution in [0.25, 0.3) is 0 Å². The molecule has 1 atom stereocenters. The van der Waals surface area contributed by atoms with Crippen LogP contribution < -0.4 is 0 Å². The summed E-state index contributed by atoms with van der Waals surface area (Å²) in [5, 5.41) is 0. The van der Waals surface area contributed by atoms with Crippen molar-refractivity contribution in [3.8, 4) is 0 Å². The molecule has 0 bridgehead atoms. The van der Waals surface area contributed by atoms with E-state index >= 15 is 0 Å². The number of imidazole rings is 1. The van der Waals surface area contributed by atoms with Gasteiger partial charge in [0.15, 0.2) is 5.82 Å². The second-order valence-corrected chi connectivity index (χ2v) is 5.50. The van der Waals surface area contributed by atoms with Crippen molar-refractivity contribution in [1.29, 1.82) is 0 Å². The molecule has 0 aromatic carbocycles. The smallest absolute Gasteiger partial charge is 0.257 e. The van der Waals surface area contributed by atoms with E-state index in [1.807, 2.05) is 24.9 Å². The minimum absolute atomic E-state index is 0.00241. The Morgan fingerprint density at radius 3 is 2.82 bits per heavy atom. The Morgan fingerprint density at radius 2 is 2.14 bits per heavy atom. The lowest BCUT2D eigenvalue weighted by Gasteiger charge is -2.39. The molecule has 22 heavy (non-hydrogen) atoms. The standard InChI is InChI=1S/C15H18FN5O/c1-19-7-8-21(10-13(19)14-18-5-6-20(14)2)15(22)11-3-4-17-9-12(11)16/h3-6,9,13H,7-8,10H2,1-2H3/t13-/m0/s1. The van der Waals surface area contributed by atoms with Gasteiger partial charge in [-0.05, 0) is 13.1 Å². The summed E-state index contributed by atoms with van der Waals surface area (Å²) in [6.45, 7) is 1.77. The largest absolute Gasteiger partial charge is 0.337 e. The first kappa shape index (κ1) is 14.6. The minimum atomic E-state index is -0.583. The van der Waals surface area contributed by atoms with Gasteiger partial charge in [0.25, 0.3) is 5.91 Å². The van der Waals surface area contributed by atoms with Crippen molar-refractivity contribution in [3.05, 3.63) is 48.1 Å². The second kappa shape index (κ2) is 5.84. The molecule has 0 aliphatic carbocycles. The van der Waals surface area contributed by atoms with E-state index in [-0.39, 0.29) is 17.5 Å². The van der Waals surface area contributed by atoms with E-state index in [0.29, 0.717) is 13.1 Å². The molecule has 0 N–H and O–H groups in total. The summed E-state index contributed by atoms with van der Waals surface area (Å²) in [6, 6.07) is 1.42. The quantitative estimate of drug-likeness (QED) is 0.833. The normalized spacial score (nSPS) is 19.4. The van der Waals surface area contributed by atoms with Crippen molar-refractivity contribution < 1.29 is 9.18 Å². The van der Waals surface area contributed by atoms with Crippen LogP contribution >= 0.6 is 0 Å². The van der Waals surface area contributed by atoms with Crippen LogP contribution in [0, 0.1) is 5.82 Å². The maximum atomic E-state index is 13.8. The molecule has 2 aromatic rings. The van der Waals surface area contributed by atoms with E-state index < -0.39 is 5.82 Å². The van der Waals surface area contributed by atoms with Crippen LogP contribution in [0.1, 0.15) is 22.2 Å². The van der Waals surface area contributed by atoms with Crippen LogP contribution in [0.2, 0.25) is 0 Å². The van der Waals surface area contributed by atoms with Gasteiger partial charge in [0.05, 0.1) is 17.8 Å². The van der Waals surface area contributed by atoms with E-state index in [1.54, 1.807) is 11.1 Å². The Balaban J connectivity index is 1.83. The number of pyridine rings is 1. The molecule has 0 radical (unpaired) electrons. The van der Waals surface area contributed by atoms with Crippen LogP contribution in [0.5, 0.6) is 0 Å². The molecule has 1 saturated heterocycles. The fourth-order valence-electron chi connectivity index (χ4n) is 2.75. The predicted octanol–water partition coefficient (Wildman–Crippen LogP) is 1.08. The predicted molar refractivity (Wildman–Crippen MR) is 78.7 cm³/mol. The van der Waals surface area contributed by atoms with Crippen molar-refractivity contribution in [2.75, 3.05) is 26.7 Å². The van der Waals surface area contributed by atoms with Gasteiger partial charge in [0.2, 0.25) is 0 Å². The van der Waals surface area contributed by atoms with E-state index in [9.17, 15) is 9.18 Å². The number of piperazine rings is 1. The Bertz CT molecular complexity index is 686. The lowest BCUT2D eigenvalue weighted by Crippen LogP contribution is -2.49. The number of carbonyl (C=O) groups excluding carboxylic acids is 1. The van der Waals surface area contributed by atoms with E-state index in [2.05, 4.69) is 14.9 Å². The summed E-state index contributed by atoms with van der Waals surface area (Å²) < 4.78 is 15.7. The number of aryl methyl sites for hydroxylation is 1. The Hall–Kier alpha value is -2.28. The van der Waals surface area contributed by atoms with Gasteiger partial charge < -0.3 is 9.47 Å². The molecule has 7 heteroatoms. The number of hydrogen-bond acceptors (Lipinski definition) is 4. The van der Waals surface area contributed by atoms with Gasteiger partial charge in [-0.15, -0.1) is 0 Å². The van der Waals surface area contributed by atoms with Gasteiger partial charge in [-0.25, -0.2) is 9.37 Å². The zero-order valence-electron chi connectivity index (χ0n) is 12.6. The highest BCUT2D eigenvalue weighted by atomic mass is 19.1. The molecule has 2 aromatic heterocycles. The van der Waals surface area contributed by atoms with E-state index in [0.717, 1.165) is 18.6 Å². The van der Waals surface area contributed by atoms with Crippen LogP contribution in [-0.2, 0) is 7.05 Å². The number of hydrogen-bond donors (Lipinski definition) is 0. The van der Waals surface area contributed by atoms with E-state index in [1.165, 1.54) is 12.3 Å². The Morgan fingerprint density at radius 1 is 1.32 bits per heavy atom. The Labute approximate surface area is 128 Å². The molecule has 6 nitrogen and oxygen atoms in total. The number of likely N-dealkylation sites (N-methyl/N-ethyl adjacent to an activating group) is 1. The molecule has 0 spiro atoms. The summed E-state index contributed by atoms with van der Waals surface area (Å²) in [7, 11) is 3.94. The molecule has 116 valence electrons. The molecular weight excluding hydrogens is 285 g/mol. The number of amides is 1. The lowest BCUT2D eigenvalue weighted by atomic mass is 10.1. The van der Waals surface area contributed by atoms with Gasteiger partial charge in [-0.3, -0.25) is 14.7 Å². The molecular formula is C15H18FN5O. The van der Waals surface area contributed by atoms with Crippen LogP contribution in [-0.4, -0.2) is 56.9 Å². The molecule has 3 heterocycles. The van der Waals surface area contributed by atoms with Crippen molar-refractivity contribution in [2.45, 2.75) is 6.04 Å². The van der Waals surface area contributed by atoms with Gasteiger partial charge >= 0.3 is 0 Å². The highest BCUT2D eigenvalue weighted by Crippen LogP contribution is 2.23. The minimum Gasteiger partial charge on any atom is -0.337 e. The maximum Gasteiger partial charge on any atom is 0.257 e. The average Bonchev–Trinajstić information content (AvgIpc) is 2.93. The van der Waals surface area contributed by atoms with Crippen molar-refractivity contribution in [2.24, 2.45) is 7.05 Å². The number of carbonyl (C=O) groups is 1. The molecule has 3 rings (SSSR count). The van der Waals surface area contributed by atoms with E-state index in [4.69, 9.17) is 0 Å². The molecule has 1 aliphatic rings. The summed E-state index contributed by atoms with van der Waals surface area (Å²) >= 11 is 0. The first-order chi connectivity index (χ1) is 10.6. The van der Waals surface area contributed by atoms with Crippen molar-refractivity contribution >= 4 is 5.91 Å². The van der Waals surface area contributed by atoms with Gasteiger partial charge in [-0.1, -0.05) is 0 Å². The molecule has 1 fully saturated rings. The number of aromatic nitrogens is 3. The average molecular weight is 303 g/mol. The fraction of sp³-hybridized carbons (Fsp3) is 0.400. The van der Waals surface area contributed by atoms with Gasteiger partial charge in [0.1, 0.15) is 5.82 Å². The summed E-state index contributed by atoms with van der Waals surface area (Å²) in [5.74, 6) is 0.0161.